The van der Waals surface area contributed by atoms with Gasteiger partial charge in [-0.1, -0.05) is 34.8 Å². The van der Waals surface area contributed by atoms with Gasteiger partial charge < -0.3 is 0 Å². The summed E-state index contributed by atoms with van der Waals surface area (Å²) in [4.78, 5) is 11.2. The molecule has 0 N–H and O–H groups in total. The number of rotatable bonds is 5. The molecule has 0 spiro atoms. The number of hydrogen-bond acceptors (Lipinski definition) is 3. The van der Waals surface area contributed by atoms with Gasteiger partial charge in [0.25, 0.3) is 10.0 Å². The fourth-order valence-electron chi connectivity index (χ4n) is 2.28. The zero-order chi connectivity index (χ0) is 21.4. The van der Waals surface area contributed by atoms with E-state index >= 15 is 0 Å². The number of anilines is 1. The Balaban J connectivity index is 2.81. The Morgan fingerprint density at radius 1 is 1.04 bits per heavy atom. The van der Waals surface area contributed by atoms with Crippen LogP contribution in [0.25, 0.3) is 0 Å². The Labute approximate surface area is 178 Å². The minimum absolute atomic E-state index is 0.00270. The lowest BCUT2D eigenvalue weighted by Gasteiger charge is -2.30. The number of carbonyl (C=O) groups excluding carboxylic acids is 1. The van der Waals surface area contributed by atoms with Gasteiger partial charge >= 0.3 is 6.18 Å². The molecule has 4 nitrogen and oxygen atoms in total. The monoisotopic (exact) mass is 493 g/mol. The number of nitrogens with zero attached hydrogens (tertiary/aromatic N) is 1. The van der Waals surface area contributed by atoms with Crippen LogP contribution in [0, 0.1) is 0 Å². The van der Waals surface area contributed by atoms with Crippen LogP contribution in [0.3, 0.4) is 0 Å². The molecule has 2 aromatic rings. The van der Waals surface area contributed by atoms with E-state index < -0.39 is 43.6 Å². The Kier molecular flexibility index (Phi) is 6.83. The first-order valence-electron chi connectivity index (χ1n) is 7.32. The van der Waals surface area contributed by atoms with Gasteiger partial charge in [-0.25, -0.2) is 8.42 Å². The molecule has 0 aromatic heterocycles. The second-order valence-corrected chi connectivity index (χ2v) is 8.93. The molecule has 1 unspecified atom stereocenters. The molecule has 152 valence electrons. The van der Waals surface area contributed by atoms with E-state index in [0.717, 1.165) is 19.1 Å². The Hall–Kier alpha value is -1.19. The van der Waals surface area contributed by atoms with Crippen molar-refractivity contribution in [1.29, 1.82) is 0 Å². The number of alkyl halides is 3. The highest BCUT2D eigenvalue weighted by molar-refractivity contribution is 7.93. The summed E-state index contributed by atoms with van der Waals surface area (Å²) in [6, 6.07) is 3.97. The van der Waals surface area contributed by atoms with E-state index in [1.165, 1.54) is 12.1 Å². The highest BCUT2D eigenvalue weighted by atomic mass is 35.5. The van der Waals surface area contributed by atoms with E-state index in [4.69, 9.17) is 46.4 Å². The fraction of sp³-hybridized carbons (Fsp3) is 0.188. The summed E-state index contributed by atoms with van der Waals surface area (Å²) < 4.78 is 66.1. The molecular weight excluding hydrogens is 485 g/mol. The minimum Gasteiger partial charge on any atom is -0.279 e. The zero-order valence-corrected chi connectivity index (χ0v) is 17.6. The standard InChI is InChI=1S/C16H10Cl4F3NO3S/c1-8(15(20)25)24(13-6-9(16(21,22)23)2-4-11(13)18)28(26,27)14-7-10(17)3-5-12(14)19/h2-8H,1H3. The highest BCUT2D eigenvalue weighted by Gasteiger charge is 2.38. The van der Waals surface area contributed by atoms with Gasteiger partial charge in [-0.15, -0.1) is 0 Å². The van der Waals surface area contributed by atoms with Crippen LogP contribution in [-0.4, -0.2) is 19.7 Å². The first-order chi connectivity index (χ1) is 12.8. The van der Waals surface area contributed by atoms with Crippen molar-refractivity contribution in [2.24, 2.45) is 0 Å². The average Bonchev–Trinajstić information content (AvgIpc) is 2.57. The summed E-state index contributed by atoms with van der Waals surface area (Å²) in [7, 11) is -4.68. The van der Waals surface area contributed by atoms with Crippen molar-refractivity contribution in [2.75, 3.05) is 4.31 Å². The normalized spacial score (nSPS) is 13.3. The topological polar surface area (TPSA) is 54.5 Å². The fourth-order valence-corrected chi connectivity index (χ4v) is 5.06. The van der Waals surface area contributed by atoms with Crippen molar-refractivity contribution in [3.63, 3.8) is 0 Å². The molecular formula is C16H10Cl4F3NO3S. The van der Waals surface area contributed by atoms with Crippen molar-refractivity contribution in [3.8, 4) is 0 Å². The number of hydrogen-bond donors (Lipinski definition) is 0. The van der Waals surface area contributed by atoms with Gasteiger partial charge in [-0.3, -0.25) is 9.10 Å². The second kappa shape index (κ2) is 8.28. The largest absolute Gasteiger partial charge is 0.416 e. The predicted octanol–water partition coefficient (Wildman–Crippen LogP) is 6.01. The molecule has 2 rings (SSSR count). The van der Waals surface area contributed by atoms with Crippen molar-refractivity contribution < 1.29 is 26.4 Å². The van der Waals surface area contributed by atoms with E-state index in [1.54, 1.807) is 0 Å². The highest BCUT2D eigenvalue weighted by Crippen LogP contribution is 2.39. The third kappa shape index (κ3) is 4.68. The second-order valence-electron chi connectivity index (χ2n) is 5.52. The molecule has 0 bridgehead atoms. The van der Waals surface area contributed by atoms with Crippen molar-refractivity contribution in [1.82, 2.24) is 0 Å². The first-order valence-corrected chi connectivity index (χ1v) is 10.3. The molecule has 0 saturated heterocycles. The van der Waals surface area contributed by atoms with E-state index in [9.17, 15) is 26.4 Å². The average molecular weight is 495 g/mol. The van der Waals surface area contributed by atoms with Crippen LogP contribution in [0.4, 0.5) is 18.9 Å². The molecule has 0 aliphatic carbocycles. The Morgan fingerprint density at radius 2 is 1.61 bits per heavy atom. The smallest absolute Gasteiger partial charge is 0.279 e. The summed E-state index contributed by atoms with van der Waals surface area (Å²) in [5, 5.41) is -1.75. The van der Waals surface area contributed by atoms with Crippen molar-refractivity contribution >= 4 is 67.4 Å². The van der Waals surface area contributed by atoms with Crippen LogP contribution in [-0.2, 0) is 21.0 Å². The summed E-state index contributed by atoms with van der Waals surface area (Å²) in [6.07, 6.45) is -4.78. The maximum Gasteiger partial charge on any atom is 0.416 e. The third-order valence-corrected chi connectivity index (χ3v) is 6.86. The predicted molar refractivity (Wildman–Crippen MR) is 103 cm³/mol. The molecule has 2 aromatic carbocycles. The van der Waals surface area contributed by atoms with Gasteiger partial charge in [-0.05, 0) is 54.9 Å². The van der Waals surface area contributed by atoms with Gasteiger partial charge in [0, 0.05) is 5.02 Å². The zero-order valence-electron chi connectivity index (χ0n) is 13.8. The van der Waals surface area contributed by atoms with Crippen LogP contribution in [0.1, 0.15) is 12.5 Å². The van der Waals surface area contributed by atoms with Gasteiger partial charge in [-0.2, -0.15) is 13.2 Å². The number of sulfonamides is 1. The minimum atomic E-state index is -4.78. The summed E-state index contributed by atoms with van der Waals surface area (Å²) in [6.45, 7) is 1.10. The molecule has 0 fully saturated rings. The van der Waals surface area contributed by atoms with Crippen LogP contribution in [0.2, 0.25) is 15.1 Å². The van der Waals surface area contributed by atoms with E-state index in [1.807, 2.05) is 0 Å². The van der Waals surface area contributed by atoms with Gasteiger partial charge in [0.15, 0.2) is 0 Å². The van der Waals surface area contributed by atoms with Crippen LogP contribution in [0.5, 0.6) is 0 Å². The van der Waals surface area contributed by atoms with E-state index in [2.05, 4.69) is 0 Å². The van der Waals surface area contributed by atoms with Crippen molar-refractivity contribution in [2.45, 2.75) is 24.0 Å². The van der Waals surface area contributed by atoms with Gasteiger partial charge in [0.1, 0.15) is 10.9 Å². The van der Waals surface area contributed by atoms with E-state index in [0.29, 0.717) is 16.4 Å². The maximum atomic E-state index is 13.2. The number of halogens is 7. The van der Waals surface area contributed by atoms with Gasteiger partial charge in [0.05, 0.1) is 21.3 Å². The van der Waals surface area contributed by atoms with Crippen LogP contribution >= 0.6 is 46.4 Å². The lowest BCUT2D eigenvalue weighted by molar-refractivity contribution is -0.137. The number of benzene rings is 2. The van der Waals surface area contributed by atoms with Crippen molar-refractivity contribution in [3.05, 3.63) is 57.0 Å². The van der Waals surface area contributed by atoms with E-state index in [-0.39, 0.29) is 15.1 Å². The molecule has 1 atom stereocenters. The maximum absolute atomic E-state index is 13.2. The molecule has 12 heteroatoms. The molecule has 0 aliphatic heterocycles. The number of carbonyl (C=O) groups is 1. The molecule has 0 saturated carbocycles. The molecule has 0 heterocycles. The Morgan fingerprint density at radius 3 is 2.14 bits per heavy atom. The third-order valence-electron chi connectivity index (χ3n) is 3.62. The quantitative estimate of drug-likeness (QED) is 0.478. The Bertz CT molecular complexity index is 1030. The molecule has 0 aliphatic rings. The SMILES string of the molecule is CC(C(=O)Cl)N(c1cc(C(F)(F)F)ccc1Cl)S(=O)(=O)c1cc(Cl)ccc1Cl. The molecule has 0 amide bonds. The van der Waals surface area contributed by atoms with Crippen LogP contribution in [0.15, 0.2) is 41.3 Å². The van der Waals surface area contributed by atoms with Crippen LogP contribution < -0.4 is 4.31 Å². The van der Waals surface area contributed by atoms with Gasteiger partial charge in [0.2, 0.25) is 5.24 Å². The molecule has 28 heavy (non-hydrogen) atoms. The molecule has 0 radical (unpaired) electrons. The first kappa shape index (κ1) is 23.1. The lowest BCUT2D eigenvalue weighted by atomic mass is 10.2. The summed E-state index contributed by atoms with van der Waals surface area (Å²) in [5.74, 6) is 0. The summed E-state index contributed by atoms with van der Waals surface area (Å²) >= 11 is 23.2. The lowest BCUT2D eigenvalue weighted by Crippen LogP contribution is -2.42. The summed E-state index contributed by atoms with van der Waals surface area (Å²) in [5.41, 5.74) is -1.76.